The van der Waals surface area contributed by atoms with Gasteiger partial charge < -0.3 is 14.4 Å². The lowest BCUT2D eigenvalue weighted by atomic mass is 9.85. The van der Waals surface area contributed by atoms with E-state index in [0.717, 1.165) is 5.39 Å². The SMILES string of the molecule is CC1(C)Oc2ccc(C#N)cc2C(n2ccc3ccccc3c2=O)[C@@H]1O. The molecule has 2 atom stereocenters. The summed E-state index contributed by atoms with van der Waals surface area (Å²) in [5.74, 6) is 0.573. The van der Waals surface area contributed by atoms with E-state index in [9.17, 15) is 15.2 Å². The van der Waals surface area contributed by atoms with Crippen LogP contribution < -0.4 is 10.3 Å². The molecular formula is C21H18N2O3. The highest BCUT2D eigenvalue weighted by Crippen LogP contribution is 2.41. The van der Waals surface area contributed by atoms with Crippen LogP contribution >= 0.6 is 0 Å². The Morgan fingerprint density at radius 1 is 1.19 bits per heavy atom. The van der Waals surface area contributed by atoms with Gasteiger partial charge in [-0.2, -0.15) is 5.26 Å². The Morgan fingerprint density at radius 2 is 1.96 bits per heavy atom. The molecule has 1 aromatic heterocycles. The molecule has 0 saturated heterocycles. The molecule has 5 heteroatoms. The first-order valence-electron chi connectivity index (χ1n) is 8.43. The fourth-order valence-electron chi connectivity index (χ4n) is 3.56. The van der Waals surface area contributed by atoms with Crippen molar-refractivity contribution in [2.45, 2.75) is 31.6 Å². The van der Waals surface area contributed by atoms with Crippen LogP contribution in [-0.2, 0) is 0 Å². The molecule has 26 heavy (non-hydrogen) atoms. The number of fused-ring (bicyclic) bond motifs is 2. The molecule has 0 bridgehead atoms. The third-order valence-corrected chi connectivity index (χ3v) is 4.98. The molecule has 0 spiro atoms. The summed E-state index contributed by atoms with van der Waals surface area (Å²) in [5.41, 5.74) is 0.0289. The van der Waals surface area contributed by atoms with Crippen molar-refractivity contribution in [1.29, 1.82) is 5.26 Å². The Labute approximate surface area is 150 Å². The van der Waals surface area contributed by atoms with Crippen molar-refractivity contribution in [2.75, 3.05) is 0 Å². The maximum absolute atomic E-state index is 13.1. The van der Waals surface area contributed by atoms with Gasteiger partial charge >= 0.3 is 0 Å². The van der Waals surface area contributed by atoms with E-state index < -0.39 is 17.7 Å². The summed E-state index contributed by atoms with van der Waals surface area (Å²) in [5, 5.41) is 21.7. The van der Waals surface area contributed by atoms with Gasteiger partial charge in [-0.25, -0.2) is 0 Å². The maximum Gasteiger partial charge on any atom is 0.259 e. The van der Waals surface area contributed by atoms with Gasteiger partial charge in [-0.3, -0.25) is 4.79 Å². The minimum absolute atomic E-state index is 0.182. The highest BCUT2D eigenvalue weighted by atomic mass is 16.5. The van der Waals surface area contributed by atoms with E-state index in [2.05, 4.69) is 6.07 Å². The molecule has 1 aliphatic heterocycles. The summed E-state index contributed by atoms with van der Waals surface area (Å²) >= 11 is 0. The van der Waals surface area contributed by atoms with Crippen LogP contribution in [0, 0.1) is 11.3 Å². The first-order valence-corrected chi connectivity index (χ1v) is 8.43. The van der Waals surface area contributed by atoms with E-state index >= 15 is 0 Å². The van der Waals surface area contributed by atoms with Crippen molar-refractivity contribution in [3.8, 4) is 11.8 Å². The number of nitrogens with zero attached hydrogens (tertiary/aromatic N) is 2. The third kappa shape index (κ3) is 2.39. The van der Waals surface area contributed by atoms with Crippen molar-refractivity contribution >= 4 is 10.8 Å². The summed E-state index contributed by atoms with van der Waals surface area (Å²) in [6, 6.07) is 15.8. The summed E-state index contributed by atoms with van der Waals surface area (Å²) in [7, 11) is 0. The number of nitriles is 1. The maximum atomic E-state index is 13.1. The van der Waals surface area contributed by atoms with Gasteiger partial charge in [0.2, 0.25) is 0 Å². The summed E-state index contributed by atoms with van der Waals surface area (Å²) in [6.07, 6.45) is 0.741. The molecule has 1 N–H and O–H groups in total. The number of aliphatic hydroxyl groups excluding tert-OH is 1. The Kier molecular flexibility index (Phi) is 3.60. The molecule has 0 aliphatic carbocycles. The Balaban J connectivity index is 2.00. The second kappa shape index (κ2) is 5.72. The topological polar surface area (TPSA) is 75.2 Å². The van der Waals surface area contributed by atoms with Crippen LogP contribution in [0.3, 0.4) is 0 Å². The number of aliphatic hydroxyl groups is 1. The molecular weight excluding hydrogens is 328 g/mol. The number of hydrogen-bond donors (Lipinski definition) is 1. The van der Waals surface area contributed by atoms with Crippen LogP contribution in [0.25, 0.3) is 10.8 Å². The third-order valence-electron chi connectivity index (χ3n) is 4.98. The van der Waals surface area contributed by atoms with Gasteiger partial charge in [0, 0.05) is 17.1 Å². The average Bonchev–Trinajstić information content (AvgIpc) is 2.64. The zero-order valence-electron chi connectivity index (χ0n) is 14.5. The van der Waals surface area contributed by atoms with Crippen molar-refractivity contribution in [3.05, 3.63) is 76.2 Å². The number of rotatable bonds is 1. The van der Waals surface area contributed by atoms with Gasteiger partial charge in [0.25, 0.3) is 5.56 Å². The van der Waals surface area contributed by atoms with E-state index in [1.54, 1.807) is 44.3 Å². The second-order valence-corrected chi connectivity index (χ2v) is 7.08. The molecule has 0 radical (unpaired) electrons. The van der Waals surface area contributed by atoms with Gasteiger partial charge in [-0.15, -0.1) is 0 Å². The Morgan fingerprint density at radius 3 is 2.73 bits per heavy atom. The van der Waals surface area contributed by atoms with Crippen LogP contribution in [0.2, 0.25) is 0 Å². The number of benzene rings is 2. The number of aromatic nitrogens is 1. The van der Waals surface area contributed by atoms with Crippen molar-refractivity contribution in [1.82, 2.24) is 4.57 Å². The van der Waals surface area contributed by atoms with E-state index in [1.807, 2.05) is 24.3 Å². The molecule has 3 aromatic rings. The van der Waals surface area contributed by atoms with Gasteiger partial charge in [0.05, 0.1) is 17.7 Å². The van der Waals surface area contributed by atoms with E-state index in [1.165, 1.54) is 4.57 Å². The number of hydrogen-bond acceptors (Lipinski definition) is 4. The van der Waals surface area contributed by atoms with Gasteiger partial charge in [0.15, 0.2) is 0 Å². The number of pyridine rings is 1. The molecule has 130 valence electrons. The highest BCUT2D eigenvalue weighted by molar-refractivity contribution is 5.81. The van der Waals surface area contributed by atoms with Gasteiger partial charge in [-0.05, 0) is 49.6 Å². The van der Waals surface area contributed by atoms with Crippen LogP contribution in [-0.4, -0.2) is 21.4 Å². The lowest BCUT2D eigenvalue weighted by Gasteiger charge is -2.42. The zero-order chi connectivity index (χ0) is 18.5. The first-order chi connectivity index (χ1) is 12.4. The van der Waals surface area contributed by atoms with Crippen molar-refractivity contribution in [2.24, 2.45) is 0 Å². The average molecular weight is 346 g/mol. The molecule has 0 amide bonds. The monoisotopic (exact) mass is 346 g/mol. The molecule has 2 aromatic carbocycles. The molecule has 4 rings (SSSR count). The van der Waals surface area contributed by atoms with Crippen LogP contribution in [0.5, 0.6) is 5.75 Å². The fraction of sp³-hybridized carbons (Fsp3) is 0.238. The highest BCUT2D eigenvalue weighted by Gasteiger charge is 2.44. The largest absolute Gasteiger partial charge is 0.485 e. The lowest BCUT2D eigenvalue weighted by molar-refractivity contribution is -0.0642. The van der Waals surface area contributed by atoms with Crippen molar-refractivity contribution < 1.29 is 9.84 Å². The van der Waals surface area contributed by atoms with Crippen LogP contribution in [0.15, 0.2) is 59.5 Å². The molecule has 5 nitrogen and oxygen atoms in total. The van der Waals surface area contributed by atoms with Gasteiger partial charge in [0.1, 0.15) is 17.5 Å². The van der Waals surface area contributed by atoms with E-state index in [0.29, 0.717) is 22.3 Å². The smallest absolute Gasteiger partial charge is 0.259 e. The van der Waals surface area contributed by atoms with Crippen molar-refractivity contribution in [3.63, 3.8) is 0 Å². The first kappa shape index (κ1) is 16.4. The molecule has 1 aliphatic rings. The Hall–Kier alpha value is -3.10. The minimum atomic E-state index is -0.956. The molecule has 0 fully saturated rings. The van der Waals surface area contributed by atoms with Crippen LogP contribution in [0.1, 0.15) is 31.0 Å². The molecule has 0 saturated carbocycles. The second-order valence-electron chi connectivity index (χ2n) is 7.08. The molecule has 2 heterocycles. The summed E-state index contributed by atoms with van der Waals surface area (Å²) in [6.45, 7) is 3.58. The quantitative estimate of drug-likeness (QED) is 0.735. The summed E-state index contributed by atoms with van der Waals surface area (Å²) in [4.78, 5) is 13.1. The fourth-order valence-corrected chi connectivity index (χ4v) is 3.56. The Bertz CT molecular complexity index is 1110. The molecule has 1 unspecified atom stereocenters. The predicted molar refractivity (Wildman–Crippen MR) is 98.2 cm³/mol. The normalized spacial score (nSPS) is 20.8. The lowest BCUT2D eigenvalue weighted by Crippen LogP contribution is -2.52. The van der Waals surface area contributed by atoms with Crippen LogP contribution in [0.4, 0.5) is 0 Å². The predicted octanol–water partition coefficient (Wildman–Crippen LogP) is 2.99. The number of ether oxygens (including phenoxy) is 1. The van der Waals surface area contributed by atoms with E-state index in [4.69, 9.17) is 4.74 Å². The zero-order valence-corrected chi connectivity index (χ0v) is 14.5. The van der Waals surface area contributed by atoms with Gasteiger partial charge in [-0.1, -0.05) is 18.2 Å². The standard InChI is InChI=1S/C21H18N2O3/c1-21(2)19(24)18(16-11-13(12-22)7-8-17(16)26-21)23-10-9-14-5-3-4-6-15(14)20(23)25/h3-11,18-19,24H,1-2H3/t18?,19-/m0/s1. The van der Waals surface area contributed by atoms with E-state index in [-0.39, 0.29) is 5.56 Å². The summed E-state index contributed by atoms with van der Waals surface area (Å²) < 4.78 is 7.47. The minimum Gasteiger partial charge on any atom is -0.485 e.